The molecule has 0 aliphatic rings. The van der Waals surface area contributed by atoms with E-state index >= 15 is 0 Å². The van der Waals surface area contributed by atoms with E-state index in [1.807, 2.05) is 18.2 Å². The summed E-state index contributed by atoms with van der Waals surface area (Å²) in [5.74, 6) is -0.605. The summed E-state index contributed by atoms with van der Waals surface area (Å²) in [5.41, 5.74) is 0.797. The molecule has 3 nitrogen and oxygen atoms in total. The Balaban J connectivity index is 2.07. The van der Waals surface area contributed by atoms with Gasteiger partial charge in [0.15, 0.2) is 5.78 Å². The van der Waals surface area contributed by atoms with Gasteiger partial charge in [0.05, 0.1) is 12.1 Å². The number of carbonyl (C=O) groups is 1. The lowest BCUT2D eigenvalue weighted by atomic mass is 10.2. The van der Waals surface area contributed by atoms with Crippen LogP contribution in [0.5, 0.6) is 0 Å². The number of para-hydroxylation sites is 1. The first-order valence-corrected chi connectivity index (χ1v) is 5.67. The first kappa shape index (κ1) is 13.3. The van der Waals surface area contributed by atoms with Gasteiger partial charge in [0.1, 0.15) is 5.69 Å². The molecular formula is C13H11F3N2O. The van der Waals surface area contributed by atoms with Crippen LogP contribution in [0, 0.1) is 0 Å². The molecule has 0 atom stereocenters. The molecule has 0 bridgehead atoms. The second kappa shape index (κ2) is 5.26. The van der Waals surface area contributed by atoms with Gasteiger partial charge in [-0.05, 0) is 18.2 Å². The highest BCUT2D eigenvalue weighted by Gasteiger charge is 2.28. The lowest BCUT2D eigenvalue weighted by Crippen LogP contribution is -2.11. The highest BCUT2D eigenvalue weighted by atomic mass is 19.4. The second-order valence-electron chi connectivity index (χ2n) is 4.02. The molecule has 2 aromatic rings. The Morgan fingerprint density at radius 1 is 1.16 bits per heavy atom. The molecule has 0 radical (unpaired) electrons. The normalized spacial score (nSPS) is 11.5. The van der Waals surface area contributed by atoms with E-state index in [2.05, 4.69) is 5.10 Å². The van der Waals surface area contributed by atoms with Crippen LogP contribution in [0.4, 0.5) is 13.2 Å². The van der Waals surface area contributed by atoms with E-state index < -0.39 is 24.8 Å². The summed E-state index contributed by atoms with van der Waals surface area (Å²) in [6.45, 7) is 0. The number of halogens is 3. The topological polar surface area (TPSA) is 34.9 Å². The monoisotopic (exact) mass is 268 g/mol. The third-order valence-corrected chi connectivity index (χ3v) is 2.53. The molecule has 6 heteroatoms. The molecule has 100 valence electrons. The minimum atomic E-state index is -4.32. The summed E-state index contributed by atoms with van der Waals surface area (Å²) in [6, 6.07) is 10.5. The third-order valence-electron chi connectivity index (χ3n) is 2.53. The van der Waals surface area contributed by atoms with Gasteiger partial charge >= 0.3 is 6.18 Å². The van der Waals surface area contributed by atoms with Gasteiger partial charge in [0.25, 0.3) is 0 Å². The Bertz CT molecular complexity index is 561. The molecule has 1 aromatic heterocycles. The van der Waals surface area contributed by atoms with Crippen LogP contribution in [0.25, 0.3) is 5.69 Å². The van der Waals surface area contributed by atoms with Crippen molar-refractivity contribution >= 4 is 5.78 Å². The molecule has 0 aliphatic heterocycles. The summed E-state index contributed by atoms with van der Waals surface area (Å²) < 4.78 is 37.5. The van der Waals surface area contributed by atoms with Crippen LogP contribution in [0.1, 0.15) is 23.3 Å². The van der Waals surface area contributed by atoms with Crippen molar-refractivity contribution in [3.8, 4) is 5.69 Å². The van der Waals surface area contributed by atoms with Crippen LogP contribution in [-0.4, -0.2) is 21.7 Å². The van der Waals surface area contributed by atoms with Crippen LogP contribution >= 0.6 is 0 Å². The molecule has 2 rings (SSSR count). The van der Waals surface area contributed by atoms with Gasteiger partial charge in [-0.25, -0.2) is 4.68 Å². The molecule has 19 heavy (non-hydrogen) atoms. The molecule has 0 unspecified atom stereocenters. The van der Waals surface area contributed by atoms with Crippen molar-refractivity contribution in [1.29, 1.82) is 0 Å². The smallest absolute Gasteiger partial charge is 0.292 e. The van der Waals surface area contributed by atoms with Crippen molar-refractivity contribution in [2.75, 3.05) is 0 Å². The number of Topliss-reactive ketones (excluding diaryl/α,β-unsaturated/α-hetero) is 1. The highest BCUT2D eigenvalue weighted by molar-refractivity contribution is 5.94. The molecule has 1 heterocycles. The number of ketones is 1. The predicted molar refractivity (Wildman–Crippen MR) is 63.2 cm³/mol. The van der Waals surface area contributed by atoms with Gasteiger partial charge in [-0.15, -0.1) is 0 Å². The van der Waals surface area contributed by atoms with Crippen molar-refractivity contribution in [2.45, 2.75) is 19.0 Å². The highest BCUT2D eigenvalue weighted by Crippen LogP contribution is 2.22. The molecule has 0 aliphatic carbocycles. The number of hydrogen-bond acceptors (Lipinski definition) is 2. The van der Waals surface area contributed by atoms with Crippen molar-refractivity contribution < 1.29 is 18.0 Å². The fourth-order valence-corrected chi connectivity index (χ4v) is 1.58. The third kappa shape index (κ3) is 3.67. The first-order valence-electron chi connectivity index (χ1n) is 5.67. The number of alkyl halides is 3. The molecule has 0 spiro atoms. The van der Waals surface area contributed by atoms with E-state index in [1.165, 1.54) is 10.7 Å². The summed E-state index contributed by atoms with van der Waals surface area (Å²) in [6.07, 6.45) is -4.47. The Labute approximate surface area is 107 Å². The maximum absolute atomic E-state index is 12.0. The summed E-state index contributed by atoms with van der Waals surface area (Å²) in [5, 5.41) is 3.98. The SMILES string of the molecule is O=C(CCC(F)(F)F)c1ccn(-c2ccccc2)n1. The first-order chi connectivity index (χ1) is 8.96. The molecule has 1 aromatic carbocycles. The van der Waals surface area contributed by atoms with Crippen LogP contribution in [0.3, 0.4) is 0 Å². The lowest BCUT2D eigenvalue weighted by Gasteiger charge is -2.03. The van der Waals surface area contributed by atoms with Gasteiger partial charge in [0, 0.05) is 12.6 Å². The minimum absolute atomic E-state index is 0.0492. The minimum Gasteiger partial charge on any atom is -0.292 e. The van der Waals surface area contributed by atoms with Crippen LogP contribution in [-0.2, 0) is 0 Å². The van der Waals surface area contributed by atoms with Crippen molar-refractivity contribution in [2.24, 2.45) is 0 Å². The van der Waals surface area contributed by atoms with E-state index in [4.69, 9.17) is 0 Å². The van der Waals surface area contributed by atoms with E-state index in [1.54, 1.807) is 18.3 Å². The number of rotatable bonds is 4. The van der Waals surface area contributed by atoms with E-state index in [9.17, 15) is 18.0 Å². The van der Waals surface area contributed by atoms with Gasteiger partial charge in [-0.2, -0.15) is 18.3 Å². The van der Waals surface area contributed by atoms with Crippen molar-refractivity contribution in [3.63, 3.8) is 0 Å². The molecular weight excluding hydrogens is 257 g/mol. The zero-order valence-corrected chi connectivity index (χ0v) is 9.89. The predicted octanol–water partition coefficient (Wildman–Crippen LogP) is 3.40. The van der Waals surface area contributed by atoms with E-state index in [0.29, 0.717) is 0 Å². The van der Waals surface area contributed by atoms with Crippen LogP contribution < -0.4 is 0 Å². The molecule has 0 fully saturated rings. The largest absolute Gasteiger partial charge is 0.389 e. The Hall–Kier alpha value is -2.11. The maximum atomic E-state index is 12.0. The van der Waals surface area contributed by atoms with Gasteiger partial charge in [-0.3, -0.25) is 4.79 Å². The second-order valence-corrected chi connectivity index (χ2v) is 4.02. The Kier molecular flexibility index (Phi) is 3.69. The standard InChI is InChI=1S/C13H11F3N2O/c14-13(15,16)8-6-12(19)11-7-9-18(17-11)10-4-2-1-3-5-10/h1-5,7,9H,6,8H2. The average Bonchev–Trinajstić information content (AvgIpc) is 2.86. The molecule has 0 saturated carbocycles. The fourth-order valence-electron chi connectivity index (χ4n) is 1.58. The number of nitrogens with zero attached hydrogens (tertiary/aromatic N) is 2. The summed E-state index contributed by atoms with van der Waals surface area (Å²) >= 11 is 0. The zero-order valence-electron chi connectivity index (χ0n) is 9.89. The molecule has 0 N–H and O–H groups in total. The van der Waals surface area contributed by atoms with Gasteiger partial charge in [0.2, 0.25) is 0 Å². The molecule has 0 amide bonds. The Morgan fingerprint density at radius 3 is 2.47 bits per heavy atom. The van der Waals surface area contributed by atoms with E-state index in [0.717, 1.165) is 5.69 Å². The van der Waals surface area contributed by atoms with Crippen LogP contribution in [0.15, 0.2) is 42.6 Å². The summed E-state index contributed by atoms with van der Waals surface area (Å²) in [7, 11) is 0. The maximum Gasteiger partial charge on any atom is 0.389 e. The molecule has 0 saturated heterocycles. The number of carbonyl (C=O) groups excluding carboxylic acids is 1. The average molecular weight is 268 g/mol. The number of benzene rings is 1. The van der Waals surface area contributed by atoms with Crippen LogP contribution in [0.2, 0.25) is 0 Å². The Morgan fingerprint density at radius 2 is 1.84 bits per heavy atom. The van der Waals surface area contributed by atoms with Crippen molar-refractivity contribution in [3.05, 3.63) is 48.3 Å². The number of aromatic nitrogens is 2. The quantitative estimate of drug-likeness (QED) is 0.796. The van der Waals surface area contributed by atoms with E-state index in [-0.39, 0.29) is 5.69 Å². The fraction of sp³-hybridized carbons (Fsp3) is 0.231. The summed E-state index contributed by atoms with van der Waals surface area (Å²) in [4.78, 5) is 11.6. The zero-order chi connectivity index (χ0) is 13.9. The van der Waals surface area contributed by atoms with Gasteiger partial charge < -0.3 is 0 Å². The van der Waals surface area contributed by atoms with Gasteiger partial charge in [-0.1, -0.05) is 18.2 Å². The van der Waals surface area contributed by atoms with Crippen molar-refractivity contribution in [1.82, 2.24) is 9.78 Å². The lowest BCUT2D eigenvalue weighted by molar-refractivity contribution is -0.133. The number of hydrogen-bond donors (Lipinski definition) is 0.